The van der Waals surface area contributed by atoms with Gasteiger partial charge in [0.25, 0.3) is 11.7 Å². The van der Waals surface area contributed by atoms with Crippen LogP contribution in [0.5, 0.6) is 11.5 Å². The van der Waals surface area contributed by atoms with E-state index >= 15 is 0 Å². The van der Waals surface area contributed by atoms with Crippen LogP contribution in [0, 0.1) is 13.8 Å². The molecule has 0 spiro atoms. The summed E-state index contributed by atoms with van der Waals surface area (Å²) in [7, 11) is 0. The van der Waals surface area contributed by atoms with E-state index in [2.05, 4.69) is 6.92 Å². The van der Waals surface area contributed by atoms with Crippen molar-refractivity contribution in [3.8, 4) is 11.5 Å². The number of anilines is 1. The molecule has 1 fully saturated rings. The Hall–Kier alpha value is -4.06. The Labute approximate surface area is 211 Å². The van der Waals surface area contributed by atoms with E-state index in [1.807, 2.05) is 32.0 Å². The van der Waals surface area contributed by atoms with Crippen LogP contribution in [0.3, 0.4) is 0 Å². The molecule has 4 rings (SSSR count). The number of hydrogen-bond donors (Lipinski definition) is 2. The van der Waals surface area contributed by atoms with Gasteiger partial charge < -0.3 is 14.9 Å². The van der Waals surface area contributed by atoms with E-state index in [9.17, 15) is 19.8 Å². The molecule has 6 nitrogen and oxygen atoms in total. The fraction of sp³-hybridized carbons (Fsp3) is 0.267. The number of carbonyl (C=O) groups is 2. The van der Waals surface area contributed by atoms with E-state index in [4.69, 9.17) is 4.74 Å². The van der Waals surface area contributed by atoms with Gasteiger partial charge in [0.1, 0.15) is 17.3 Å². The van der Waals surface area contributed by atoms with Gasteiger partial charge in [0.2, 0.25) is 0 Å². The molecule has 1 heterocycles. The molecular weight excluding hydrogens is 454 g/mol. The molecule has 0 aromatic heterocycles. The van der Waals surface area contributed by atoms with Gasteiger partial charge in [-0.3, -0.25) is 14.5 Å². The van der Waals surface area contributed by atoms with Gasteiger partial charge in [-0.15, -0.1) is 0 Å². The van der Waals surface area contributed by atoms with Crippen LogP contribution < -0.4 is 9.64 Å². The molecule has 0 aliphatic carbocycles. The van der Waals surface area contributed by atoms with Crippen molar-refractivity contribution in [1.29, 1.82) is 0 Å². The Kier molecular flexibility index (Phi) is 7.44. The molecule has 6 heteroatoms. The fourth-order valence-corrected chi connectivity index (χ4v) is 4.44. The number of nitrogens with zero attached hydrogens (tertiary/aromatic N) is 1. The van der Waals surface area contributed by atoms with Crippen LogP contribution in [0.25, 0.3) is 5.76 Å². The standard InChI is InChI=1S/C30H31NO5/c1-4-5-6-17-36-24-15-11-22(12-16-24)28(33)26-27(21-9-13-23(32)14-10-21)31(30(35)29(26)34)25-18-19(2)7-8-20(25)3/h7-16,18,27,32-33H,4-6,17H2,1-3H3/b28-26+. The number of aryl methyl sites for hydroxylation is 2. The van der Waals surface area contributed by atoms with Crippen LogP contribution in [-0.4, -0.2) is 28.5 Å². The van der Waals surface area contributed by atoms with Crippen molar-refractivity contribution in [2.75, 3.05) is 11.5 Å². The van der Waals surface area contributed by atoms with Gasteiger partial charge >= 0.3 is 0 Å². The first-order chi connectivity index (χ1) is 17.3. The maximum absolute atomic E-state index is 13.4. The summed E-state index contributed by atoms with van der Waals surface area (Å²) in [4.78, 5) is 28.1. The quantitative estimate of drug-likeness (QED) is 0.172. The highest BCUT2D eigenvalue weighted by atomic mass is 16.5. The lowest BCUT2D eigenvalue weighted by Gasteiger charge is -2.27. The van der Waals surface area contributed by atoms with Crippen LogP contribution in [-0.2, 0) is 9.59 Å². The van der Waals surface area contributed by atoms with Crippen LogP contribution in [0.2, 0.25) is 0 Å². The first-order valence-corrected chi connectivity index (χ1v) is 12.2. The molecule has 0 saturated carbocycles. The number of carbonyl (C=O) groups excluding carboxylic acids is 2. The summed E-state index contributed by atoms with van der Waals surface area (Å²) in [5.41, 5.74) is 3.39. The Morgan fingerprint density at radius 1 is 0.944 bits per heavy atom. The van der Waals surface area contributed by atoms with Gasteiger partial charge in [-0.1, -0.05) is 44.0 Å². The normalized spacial score (nSPS) is 17.0. The topological polar surface area (TPSA) is 87.1 Å². The lowest BCUT2D eigenvalue weighted by atomic mass is 9.94. The number of aliphatic hydroxyl groups is 1. The second-order valence-electron chi connectivity index (χ2n) is 9.13. The molecular formula is C30H31NO5. The number of amides is 1. The van der Waals surface area contributed by atoms with Crippen molar-refractivity contribution in [1.82, 2.24) is 0 Å². The monoisotopic (exact) mass is 485 g/mol. The van der Waals surface area contributed by atoms with E-state index in [-0.39, 0.29) is 17.1 Å². The van der Waals surface area contributed by atoms with E-state index in [1.54, 1.807) is 36.4 Å². The van der Waals surface area contributed by atoms with Crippen LogP contribution in [0.1, 0.15) is 54.5 Å². The number of phenols is 1. The lowest BCUT2D eigenvalue weighted by molar-refractivity contribution is -0.132. The summed E-state index contributed by atoms with van der Waals surface area (Å²) in [5.74, 6) is -0.979. The third-order valence-corrected chi connectivity index (χ3v) is 6.42. The summed E-state index contributed by atoms with van der Waals surface area (Å²) in [6, 6.07) is 18.0. The summed E-state index contributed by atoms with van der Waals surface area (Å²) in [6.07, 6.45) is 3.17. The number of phenolic OH excluding ortho intramolecular Hbond substituents is 1. The van der Waals surface area contributed by atoms with Gasteiger partial charge in [-0.25, -0.2) is 0 Å². The average Bonchev–Trinajstić information content (AvgIpc) is 3.14. The molecule has 0 bridgehead atoms. The second-order valence-corrected chi connectivity index (χ2v) is 9.13. The van der Waals surface area contributed by atoms with Gasteiger partial charge in [-0.2, -0.15) is 0 Å². The van der Waals surface area contributed by atoms with Crippen LogP contribution in [0.15, 0.2) is 72.3 Å². The lowest BCUT2D eigenvalue weighted by Crippen LogP contribution is -2.30. The fourth-order valence-electron chi connectivity index (χ4n) is 4.44. The third-order valence-electron chi connectivity index (χ3n) is 6.42. The molecule has 1 unspecified atom stereocenters. The summed E-state index contributed by atoms with van der Waals surface area (Å²) in [6.45, 7) is 6.54. The molecule has 2 N–H and O–H groups in total. The van der Waals surface area contributed by atoms with E-state index < -0.39 is 17.7 Å². The minimum Gasteiger partial charge on any atom is -0.508 e. The molecule has 3 aromatic carbocycles. The molecule has 1 aliphatic rings. The van der Waals surface area contributed by atoms with Gasteiger partial charge in [0.15, 0.2) is 0 Å². The molecule has 1 amide bonds. The summed E-state index contributed by atoms with van der Waals surface area (Å²) in [5, 5.41) is 21.1. The molecule has 36 heavy (non-hydrogen) atoms. The highest BCUT2D eigenvalue weighted by molar-refractivity contribution is 6.51. The van der Waals surface area contributed by atoms with Crippen LogP contribution in [0.4, 0.5) is 5.69 Å². The first kappa shape index (κ1) is 25.0. The Balaban J connectivity index is 1.78. The van der Waals surface area contributed by atoms with Crippen molar-refractivity contribution in [2.24, 2.45) is 0 Å². The number of hydrogen-bond acceptors (Lipinski definition) is 5. The number of Topliss-reactive ketones (excluding diaryl/α,β-unsaturated/α-hetero) is 1. The zero-order valence-corrected chi connectivity index (χ0v) is 20.8. The SMILES string of the molecule is CCCCCOc1ccc(/C(O)=C2\C(=O)C(=O)N(c3cc(C)ccc3C)C2c2ccc(O)cc2)cc1. The van der Waals surface area contributed by atoms with Crippen LogP contribution >= 0.6 is 0 Å². The molecule has 1 atom stereocenters. The maximum Gasteiger partial charge on any atom is 0.300 e. The minimum absolute atomic E-state index is 0.00297. The molecule has 186 valence electrons. The van der Waals surface area contributed by atoms with Crippen molar-refractivity contribution in [3.63, 3.8) is 0 Å². The van der Waals surface area contributed by atoms with Gasteiger partial charge in [0, 0.05) is 11.3 Å². The predicted octanol–water partition coefficient (Wildman–Crippen LogP) is 6.20. The number of rotatable bonds is 8. The molecule has 3 aromatic rings. The zero-order valence-electron chi connectivity index (χ0n) is 20.8. The van der Waals surface area contributed by atoms with E-state index in [1.165, 1.54) is 17.0 Å². The predicted molar refractivity (Wildman–Crippen MR) is 140 cm³/mol. The molecule has 1 saturated heterocycles. The van der Waals surface area contributed by atoms with Crippen molar-refractivity contribution in [2.45, 2.75) is 46.1 Å². The highest BCUT2D eigenvalue weighted by Gasteiger charge is 2.47. The minimum atomic E-state index is -0.851. The first-order valence-electron chi connectivity index (χ1n) is 12.2. The van der Waals surface area contributed by atoms with E-state index in [0.717, 1.165) is 30.4 Å². The Bertz CT molecular complexity index is 1290. The van der Waals surface area contributed by atoms with E-state index in [0.29, 0.717) is 29.2 Å². The summed E-state index contributed by atoms with van der Waals surface area (Å²) < 4.78 is 5.76. The molecule has 1 aliphatic heterocycles. The highest BCUT2D eigenvalue weighted by Crippen LogP contribution is 2.43. The number of ketones is 1. The average molecular weight is 486 g/mol. The van der Waals surface area contributed by atoms with Crippen molar-refractivity contribution < 1.29 is 24.5 Å². The zero-order chi connectivity index (χ0) is 25.8. The number of unbranched alkanes of at least 4 members (excludes halogenated alkanes) is 2. The largest absolute Gasteiger partial charge is 0.508 e. The maximum atomic E-state index is 13.4. The number of aliphatic hydroxyl groups excluding tert-OH is 1. The second kappa shape index (κ2) is 10.7. The Morgan fingerprint density at radius 2 is 1.64 bits per heavy atom. The number of aromatic hydroxyl groups is 1. The summed E-state index contributed by atoms with van der Waals surface area (Å²) >= 11 is 0. The van der Waals surface area contributed by atoms with Gasteiger partial charge in [0.05, 0.1) is 18.2 Å². The van der Waals surface area contributed by atoms with Crippen molar-refractivity contribution >= 4 is 23.1 Å². The molecule has 0 radical (unpaired) electrons. The van der Waals surface area contributed by atoms with Crippen molar-refractivity contribution in [3.05, 3.63) is 94.6 Å². The van der Waals surface area contributed by atoms with Gasteiger partial charge in [-0.05, 0) is 79.4 Å². The third kappa shape index (κ3) is 4.98. The number of ether oxygens (including phenoxy) is 1. The Morgan fingerprint density at radius 3 is 2.31 bits per heavy atom. The smallest absolute Gasteiger partial charge is 0.300 e. The number of benzene rings is 3.